The highest BCUT2D eigenvalue weighted by Crippen LogP contribution is 2.18. The van der Waals surface area contributed by atoms with Gasteiger partial charge in [0, 0.05) is 6.54 Å². The number of nitrogens with zero attached hydrogens (tertiary/aromatic N) is 1. The predicted octanol–water partition coefficient (Wildman–Crippen LogP) is 2.48. The largest absolute Gasteiger partial charge is 0.494 e. The summed E-state index contributed by atoms with van der Waals surface area (Å²) >= 11 is 0. The Hall–Kier alpha value is -1.55. The van der Waals surface area contributed by atoms with Gasteiger partial charge in [0.05, 0.1) is 13.7 Å². The van der Waals surface area contributed by atoms with Crippen molar-refractivity contribution >= 4 is 5.97 Å². The Morgan fingerprint density at radius 3 is 2.85 bits per heavy atom. The Morgan fingerprint density at radius 1 is 1.30 bits per heavy atom. The second-order valence-electron chi connectivity index (χ2n) is 5.09. The summed E-state index contributed by atoms with van der Waals surface area (Å²) in [5, 5.41) is 0. The van der Waals surface area contributed by atoms with E-state index >= 15 is 0 Å². The molecule has 2 rings (SSSR count). The van der Waals surface area contributed by atoms with Crippen LogP contribution in [0.5, 0.6) is 5.75 Å². The molecule has 4 heteroatoms. The van der Waals surface area contributed by atoms with Crippen molar-refractivity contribution in [1.82, 2.24) is 4.90 Å². The first-order chi connectivity index (χ1) is 9.81. The Labute approximate surface area is 120 Å². The normalized spacial score (nSPS) is 19.6. The lowest BCUT2D eigenvalue weighted by Gasteiger charge is -2.33. The van der Waals surface area contributed by atoms with E-state index in [4.69, 9.17) is 9.47 Å². The highest BCUT2D eigenvalue weighted by molar-refractivity contribution is 5.75. The van der Waals surface area contributed by atoms with E-state index in [1.54, 1.807) is 0 Å². The fraction of sp³-hybridized carbons (Fsp3) is 0.562. The van der Waals surface area contributed by atoms with Gasteiger partial charge in [-0.25, -0.2) is 0 Å². The maximum Gasteiger partial charge on any atom is 0.323 e. The molecule has 20 heavy (non-hydrogen) atoms. The second kappa shape index (κ2) is 7.90. The molecule has 0 bridgehead atoms. The molecule has 1 aliphatic heterocycles. The van der Waals surface area contributed by atoms with Gasteiger partial charge in [-0.3, -0.25) is 9.69 Å². The smallest absolute Gasteiger partial charge is 0.323 e. The van der Waals surface area contributed by atoms with E-state index in [1.165, 1.54) is 7.11 Å². The molecule has 0 saturated carbocycles. The number of para-hydroxylation sites is 1. The van der Waals surface area contributed by atoms with Gasteiger partial charge < -0.3 is 9.47 Å². The van der Waals surface area contributed by atoms with Crippen molar-refractivity contribution in [2.45, 2.75) is 31.7 Å². The summed E-state index contributed by atoms with van der Waals surface area (Å²) in [6.45, 7) is 2.53. The molecule has 0 N–H and O–H groups in total. The predicted molar refractivity (Wildman–Crippen MR) is 77.8 cm³/mol. The van der Waals surface area contributed by atoms with Crippen molar-refractivity contribution in [2.75, 3.05) is 26.8 Å². The summed E-state index contributed by atoms with van der Waals surface area (Å²) in [5.74, 6) is 0.796. The molecule has 0 amide bonds. The minimum Gasteiger partial charge on any atom is -0.494 e. The Bertz CT molecular complexity index is 407. The van der Waals surface area contributed by atoms with Gasteiger partial charge in [0.15, 0.2) is 0 Å². The molecule has 0 spiro atoms. The number of rotatable bonds is 6. The van der Waals surface area contributed by atoms with Crippen LogP contribution >= 0.6 is 0 Å². The summed E-state index contributed by atoms with van der Waals surface area (Å²) in [5.41, 5.74) is 0. The molecule has 0 aromatic heterocycles. The van der Waals surface area contributed by atoms with E-state index in [0.29, 0.717) is 6.61 Å². The van der Waals surface area contributed by atoms with Crippen LogP contribution in [0.4, 0.5) is 0 Å². The van der Waals surface area contributed by atoms with Gasteiger partial charge in [-0.1, -0.05) is 24.6 Å². The highest BCUT2D eigenvalue weighted by atomic mass is 16.5. The maximum absolute atomic E-state index is 11.7. The molecule has 1 aromatic rings. The van der Waals surface area contributed by atoms with E-state index in [0.717, 1.165) is 44.5 Å². The first kappa shape index (κ1) is 14.9. The number of carbonyl (C=O) groups excluding carboxylic acids is 1. The minimum atomic E-state index is -0.103. The summed E-state index contributed by atoms with van der Waals surface area (Å²) in [4.78, 5) is 14.0. The SMILES string of the molecule is COC(=O)C1CCCCN1CCCOc1ccccc1. The first-order valence-electron chi connectivity index (χ1n) is 7.31. The van der Waals surface area contributed by atoms with E-state index in [9.17, 15) is 4.79 Å². The fourth-order valence-electron chi connectivity index (χ4n) is 2.64. The zero-order chi connectivity index (χ0) is 14.2. The fourth-order valence-corrected chi connectivity index (χ4v) is 2.64. The zero-order valence-electron chi connectivity index (χ0n) is 12.1. The lowest BCUT2D eigenvalue weighted by Crippen LogP contribution is -2.45. The average Bonchev–Trinajstić information content (AvgIpc) is 2.52. The van der Waals surface area contributed by atoms with Crippen LogP contribution in [0.1, 0.15) is 25.7 Å². The van der Waals surface area contributed by atoms with Crippen LogP contribution in [0.15, 0.2) is 30.3 Å². The number of benzene rings is 1. The van der Waals surface area contributed by atoms with Crippen LogP contribution in [-0.2, 0) is 9.53 Å². The van der Waals surface area contributed by atoms with Gasteiger partial charge in [0.2, 0.25) is 0 Å². The molecule has 0 radical (unpaired) electrons. The third-order valence-corrected chi connectivity index (χ3v) is 3.69. The quantitative estimate of drug-likeness (QED) is 0.591. The molecule has 1 atom stereocenters. The summed E-state index contributed by atoms with van der Waals surface area (Å²) < 4.78 is 10.6. The van der Waals surface area contributed by atoms with Gasteiger partial charge in [0.25, 0.3) is 0 Å². The van der Waals surface area contributed by atoms with Crippen molar-refractivity contribution in [1.29, 1.82) is 0 Å². The van der Waals surface area contributed by atoms with Gasteiger partial charge >= 0.3 is 5.97 Å². The van der Waals surface area contributed by atoms with E-state index in [2.05, 4.69) is 4.90 Å². The highest BCUT2D eigenvalue weighted by Gasteiger charge is 2.28. The molecule has 1 heterocycles. The molecule has 1 aromatic carbocycles. The Balaban J connectivity index is 1.73. The number of methoxy groups -OCH3 is 1. The summed E-state index contributed by atoms with van der Waals surface area (Å²) in [6, 6.07) is 9.75. The van der Waals surface area contributed by atoms with Crippen LogP contribution < -0.4 is 4.74 Å². The lowest BCUT2D eigenvalue weighted by molar-refractivity contribution is -0.148. The summed E-state index contributed by atoms with van der Waals surface area (Å²) in [7, 11) is 1.47. The van der Waals surface area contributed by atoms with Crippen LogP contribution in [0.25, 0.3) is 0 Å². The molecule has 110 valence electrons. The van der Waals surface area contributed by atoms with Crippen molar-refractivity contribution in [3.05, 3.63) is 30.3 Å². The Morgan fingerprint density at radius 2 is 2.10 bits per heavy atom. The van der Waals surface area contributed by atoms with Crippen molar-refractivity contribution in [3.63, 3.8) is 0 Å². The second-order valence-corrected chi connectivity index (χ2v) is 5.09. The average molecular weight is 277 g/mol. The van der Waals surface area contributed by atoms with Crippen LogP contribution in [0, 0.1) is 0 Å². The Kier molecular flexibility index (Phi) is 5.87. The third-order valence-electron chi connectivity index (χ3n) is 3.69. The van der Waals surface area contributed by atoms with Crippen LogP contribution in [-0.4, -0.2) is 43.7 Å². The molecule has 1 fully saturated rings. The van der Waals surface area contributed by atoms with Gasteiger partial charge in [-0.2, -0.15) is 0 Å². The number of hydrogen-bond donors (Lipinski definition) is 0. The number of esters is 1. The number of hydrogen-bond acceptors (Lipinski definition) is 4. The zero-order valence-corrected chi connectivity index (χ0v) is 12.1. The van der Waals surface area contributed by atoms with E-state index in [1.807, 2.05) is 30.3 Å². The monoisotopic (exact) mass is 277 g/mol. The van der Waals surface area contributed by atoms with E-state index < -0.39 is 0 Å². The molecule has 4 nitrogen and oxygen atoms in total. The number of carbonyl (C=O) groups is 1. The molecule has 1 aliphatic rings. The topological polar surface area (TPSA) is 38.8 Å². The van der Waals surface area contributed by atoms with E-state index in [-0.39, 0.29) is 12.0 Å². The van der Waals surface area contributed by atoms with Gasteiger partial charge in [0.1, 0.15) is 11.8 Å². The molecular weight excluding hydrogens is 254 g/mol. The van der Waals surface area contributed by atoms with Crippen molar-refractivity contribution in [2.24, 2.45) is 0 Å². The maximum atomic E-state index is 11.7. The molecule has 1 unspecified atom stereocenters. The molecular formula is C16H23NO3. The van der Waals surface area contributed by atoms with Crippen molar-refractivity contribution < 1.29 is 14.3 Å². The molecule has 0 aliphatic carbocycles. The van der Waals surface area contributed by atoms with Crippen LogP contribution in [0.2, 0.25) is 0 Å². The van der Waals surface area contributed by atoms with Gasteiger partial charge in [-0.05, 0) is 37.9 Å². The number of likely N-dealkylation sites (tertiary alicyclic amines) is 1. The van der Waals surface area contributed by atoms with Crippen molar-refractivity contribution in [3.8, 4) is 5.75 Å². The number of ether oxygens (including phenoxy) is 2. The lowest BCUT2D eigenvalue weighted by atomic mass is 10.0. The summed E-state index contributed by atoms with van der Waals surface area (Å²) in [6.07, 6.45) is 4.10. The van der Waals surface area contributed by atoms with Gasteiger partial charge in [-0.15, -0.1) is 0 Å². The first-order valence-corrected chi connectivity index (χ1v) is 7.31. The minimum absolute atomic E-state index is 0.0644. The van der Waals surface area contributed by atoms with Crippen LogP contribution in [0.3, 0.4) is 0 Å². The number of piperidine rings is 1. The molecule has 1 saturated heterocycles. The third kappa shape index (κ3) is 4.23. The standard InChI is InChI=1S/C16H23NO3/c1-19-16(18)15-10-5-6-11-17(15)12-7-13-20-14-8-3-2-4-9-14/h2-4,8-9,15H,5-7,10-13H2,1H3.